The number of aryl methyl sites for hydroxylation is 1. The second-order valence-corrected chi connectivity index (χ2v) is 3.04. The van der Waals surface area contributed by atoms with Crippen molar-refractivity contribution in [3.8, 4) is 5.75 Å². The third-order valence-electron chi connectivity index (χ3n) is 1.96. The summed E-state index contributed by atoms with van der Waals surface area (Å²) in [5.41, 5.74) is 0.719. The van der Waals surface area contributed by atoms with Crippen molar-refractivity contribution in [1.82, 2.24) is 0 Å². The van der Waals surface area contributed by atoms with Crippen LogP contribution in [0.2, 0.25) is 0 Å². The van der Waals surface area contributed by atoms with E-state index in [0.29, 0.717) is 12.0 Å². The van der Waals surface area contributed by atoms with Crippen LogP contribution in [0.4, 0.5) is 0 Å². The smallest absolute Gasteiger partial charge is 0.339 e. The summed E-state index contributed by atoms with van der Waals surface area (Å²) in [4.78, 5) is 21.8. The number of hydrogen-bond donors (Lipinski definition) is 1. The fraction of sp³-hybridized carbons (Fsp3) is 0.273. The van der Waals surface area contributed by atoms with Crippen molar-refractivity contribution < 1.29 is 19.4 Å². The number of esters is 1. The van der Waals surface area contributed by atoms with Crippen LogP contribution in [-0.4, -0.2) is 17.0 Å². The summed E-state index contributed by atoms with van der Waals surface area (Å²) in [7, 11) is 0. The molecule has 0 aromatic heterocycles. The molecule has 80 valence electrons. The monoisotopic (exact) mass is 208 g/mol. The maximum Gasteiger partial charge on any atom is 0.339 e. The number of carboxylic acid groups (broad SMARTS) is 1. The van der Waals surface area contributed by atoms with Gasteiger partial charge in [-0.3, -0.25) is 4.79 Å². The fourth-order valence-electron chi connectivity index (χ4n) is 1.35. The molecule has 1 aromatic rings. The van der Waals surface area contributed by atoms with Crippen molar-refractivity contribution in [1.29, 1.82) is 0 Å². The minimum Gasteiger partial charge on any atom is -0.478 e. The predicted octanol–water partition coefficient (Wildman–Crippen LogP) is 1.87. The average molecular weight is 208 g/mol. The van der Waals surface area contributed by atoms with Crippen molar-refractivity contribution in [3.63, 3.8) is 0 Å². The Morgan fingerprint density at radius 3 is 2.53 bits per heavy atom. The molecule has 4 heteroatoms. The third kappa shape index (κ3) is 2.56. The van der Waals surface area contributed by atoms with Crippen molar-refractivity contribution in [2.75, 3.05) is 0 Å². The molecule has 15 heavy (non-hydrogen) atoms. The maximum absolute atomic E-state index is 11.0. The van der Waals surface area contributed by atoms with E-state index in [0.717, 1.165) is 0 Å². The number of hydrogen-bond acceptors (Lipinski definition) is 3. The van der Waals surface area contributed by atoms with Crippen LogP contribution in [0, 0.1) is 0 Å². The number of carbonyl (C=O) groups excluding carboxylic acids is 1. The number of carboxylic acids is 1. The number of benzene rings is 1. The van der Waals surface area contributed by atoms with Crippen LogP contribution < -0.4 is 4.74 Å². The summed E-state index contributed by atoms with van der Waals surface area (Å²) in [5.74, 6) is -1.50. The molecule has 1 aromatic carbocycles. The molecule has 0 atom stereocenters. The van der Waals surface area contributed by atoms with Gasteiger partial charge in [0.15, 0.2) is 0 Å². The summed E-state index contributed by atoms with van der Waals surface area (Å²) in [6, 6.07) is 4.85. The molecule has 0 amide bonds. The second-order valence-electron chi connectivity index (χ2n) is 3.04. The van der Waals surface area contributed by atoms with Crippen LogP contribution in [0.15, 0.2) is 18.2 Å². The predicted molar refractivity (Wildman–Crippen MR) is 54.1 cm³/mol. The molecule has 0 heterocycles. The standard InChI is InChI=1S/C11H12O4/c1-3-8-5-4-6-9(15-7(2)12)10(8)11(13)14/h4-6H,3H2,1-2H3,(H,13,14). The Morgan fingerprint density at radius 2 is 2.07 bits per heavy atom. The quantitative estimate of drug-likeness (QED) is 0.608. The lowest BCUT2D eigenvalue weighted by Crippen LogP contribution is -2.09. The fourth-order valence-corrected chi connectivity index (χ4v) is 1.35. The highest BCUT2D eigenvalue weighted by Crippen LogP contribution is 2.23. The lowest BCUT2D eigenvalue weighted by Gasteiger charge is -2.08. The number of ether oxygens (including phenoxy) is 1. The minimum atomic E-state index is -1.08. The first kappa shape index (κ1) is 11.2. The highest BCUT2D eigenvalue weighted by Gasteiger charge is 2.16. The van der Waals surface area contributed by atoms with Crippen LogP contribution in [-0.2, 0) is 11.2 Å². The van der Waals surface area contributed by atoms with Gasteiger partial charge in [0, 0.05) is 6.92 Å². The van der Waals surface area contributed by atoms with Crippen molar-refractivity contribution in [2.24, 2.45) is 0 Å². The highest BCUT2D eigenvalue weighted by atomic mass is 16.5. The molecule has 0 bridgehead atoms. The first-order valence-corrected chi connectivity index (χ1v) is 4.59. The SMILES string of the molecule is CCc1cccc(OC(C)=O)c1C(=O)O. The molecule has 0 aliphatic carbocycles. The lowest BCUT2D eigenvalue weighted by atomic mass is 10.0. The van der Waals surface area contributed by atoms with Crippen LogP contribution in [0.5, 0.6) is 5.75 Å². The molecule has 1 rings (SSSR count). The second kappa shape index (κ2) is 4.59. The molecule has 0 aliphatic heterocycles. The molecule has 0 fully saturated rings. The lowest BCUT2D eigenvalue weighted by molar-refractivity contribution is -0.131. The van der Waals surface area contributed by atoms with Gasteiger partial charge in [0.1, 0.15) is 11.3 Å². The van der Waals surface area contributed by atoms with Gasteiger partial charge in [-0.2, -0.15) is 0 Å². The Kier molecular flexibility index (Phi) is 3.44. The van der Waals surface area contributed by atoms with Gasteiger partial charge in [-0.15, -0.1) is 0 Å². The molecule has 0 unspecified atom stereocenters. The average Bonchev–Trinajstić information content (AvgIpc) is 2.15. The van der Waals surface area contributed by atoms with E-state index < -0.39 is 11.9 Å². The van der Waals surface area contributed by atoms with E-state index >= 15 is 0 Å². The molecule has 0 saturated heterocycles. The molecule has 0 saturated carbocycles. The van der Waals surface area contributed by atoms with E-state index in [2.05, 4.69) is 0 Å². The third-order valence-corrected chi connectivity index (χ3v) is 1.96. The maximum atomic E-state index is 11.0. The van der Waals surface area contributed by atoms with Crippen molar-refractivity contribution in [3.05, 3.63) is 29.3 Å². The van der Waals surface area contributed by atoms with Gasteiger partial charge in [-0.1, -0.05) is 19.1 Å². The van der Waals surface area contributed by atoms with Gasteiger partial charge in [-0.05, 0) is 18.1 Å². The minimum absolute atomic E-state index is 0.0650. The van der Waals surface area contributed by atoms with Gasteiger partial charge in [0.05, 0.1) is 0 Å². The Morgan fingerprint density at radius 1 is 1.40 bits per heavy atom. The normalized spacial score (nSPS) is 9.73. The molecule has 0 radical (unpaired) electrons. The zero-order chi connectivity index (χ0) is 11.4. The topological polar surface area (TPSA) is 63.6 Å². The van der Waals surface area contributed by atoms with E-state index in [1.54, 1.807) is 12.1 Å². The van der Waals surface area contributed by atoms with Gasteiger partial charge in [0.25, 0.3) is 0 Å². The van der Waals surface area contributed by atoms with E-state index in [4.69, 9.17) is 9.84 Å². The van der Waals surface area contributed by atoms with Gasteiger partial charge in [0.2, 0.25) is 0 Å². The Bertz CT molecular complexity index is 396. The molecule has 4 nitrogen and oxygen atoms in total. The molecule has 0 spiro atoms. The Hall–Kier alpha value is -1.84. The van der Waals surface area contributed by atoms with Crippen molar-refractivity contribution >= 4 is 11.9 Å². The van der Waals surface area contributed by atoms with E-state index in [9.17, 15) is 9.59 Å². The molecule has 1 N–H and O–H groups in total. The first-order valence-electron chi connectivity index (χ1n) is 4.59. The number of aromatic carboxylic acids is 1. The van der Waals surface area contributed by atoms with Gasteiger partial charge >= 0.3 is 11.9 Å². The summed E-state index contributed by atoms with van der Waals surface area (Å²) in [5, 5.41) is 9.00. The summed E-state index contributed by atoms with van der Waals surface area (Å²) in [6.45, 7) is 3.09. The largest absolute Gasteiger partial charge is 0.478 e. The van der Waals surface area contributed by atoms with E-state index in [1.165, 1.54) is 13.0 Å². The molecular weight excluding hydrogens is 196 g/mol. The van der Waals surface area contributed by atoms with Crippen LogP contribution in [0.1, 0.15) is 29.8 Å². The zero-order valence-electron chi connectivity index (χ0n) is 8.61. The van der Waals surface area contributed by atoms with E-state index in [1.807, 2.05) is 6.92 Å². The van der Waals surface area contributed by atoms with Crippen LogP contribution in [0.3, 0.4) is 0 Å². The summed E-state index contributed by atoms with van der Waals surface area (Å²) in [6.07, 6.45) is 0.580. The van der Waals surface area contributed by atoms with Gasteiger partial charge in [-0.25, -0.2) is 4.79 Å². The zero-order valence-corrected chi connectivity index (χ0v) is 8.61. The van der Waals surface area contributed by atoms with E-state index in [-0.39, 0.29) is 11.3 Å². The summed E-state index contributed by atoms with van der Waals surface area (Å²) < 4.78 is 4.83. The first-order chi connectivity index (χ1) is 7.06. The number of carbonyl (C=O) groups is 2. The van der Waals surface area contributed by atoms with Crippen LogP contribution in [0.25, 0.3) is 0 Å². The molecular formula is C11H12O4. The van der Waals surface area contributed by atoms with Gasteiger partial charge < -0.3 is 9.84 Å². The summed E-state index contributed by atoms with van der Waals surface area (Å²) >= 11 is 0. The molecule has 0 aliphatic rings. The van der Waals surface area contributed by atoms with Crippen LogP contribution >= 0.6 is 0 Å². The van der Waals surface area contributed by atoms with Crippen molar-refractivity contribution in [2.45, 2.75) is 20.3 Å². The Balaban J connectivity index is 3.25. The Labute approximate surface area is 87.5 Å². The number of rotatable bonds is 3. The highest BCUT2D eigenvalue weighted by molar-refractivity contribution is 5.93.